The Morgan fingerprint density at radius 3 is 2.09 bits per heavy atom. The topological polar surface area (TPSA) is 93.2 Å². The van der Waals surface area contributed by atoms with E-state index in [-0.39, 0.29) is 22.6 Å². The van der Waals surface area contributed by atoms with E-state index in [9.17, 15) is 18.3 Å². The standard InChI is InChI=1S/C23H30N4O4S/c1-18(25-14-16-26(17-15-25)20-6-8-21(28)9-7-20)23(29)24-19-4-10-22(11-5-19)32(30,31)27-12-2-3-13-27/h4-11,18,28H,2-3,12-17H2,1H3,(H,24,29)/t18-/m1/s1. The van der Waals surface area contributed by atoms with Crippen LogP contribution in [0, 0.1) is 0 Å². The Labute approximate surface area is 189 Å². The third kappa shape index (κ3) is 4.90. The zero-order valence-corrected chi connectivity index (χ0v) is 19.1. The number of sulfonamides is 1. The summed E-state index contributed by atoms with van der Waals surface area (Å²) in [7, 11) is -3.45. The van der Waals surface area contributed by atoms with E-state index in [1.807, 2.05) is 19.1 Å². The first-order valence-electron chi connectivity index (χ1n) is 11.0. The van der Waals surface area contributed by atoms with Crippen LogP contribution in [0.2, 0.25) is 0 Å². The highest BCUT2D eigenvalue weighted by molar-refractivity contribution is 7.89. The molecule has 0 spiro atoms. The highest BCUT2D eigenvalue weighted by Gasteiger charge is 2.28. The molecule has 2 aromatic rings. The van der Waals surface area contributed by atoms with Gasteiger partial charge in [0.25, 0.3) is 0 Å². The van der Waals surface area contributed by atoms with Crippen LogP contribution in [0.15, 0.2) is 53.4 Å². The first-order valence-corrected chi connectivity index (χ1v) is 12.5. The molecular formula is C23H30N4O4S. The number of amides is 1. The van der Waals surface area contributed by atoms with E-state index >= 15 is 0 Å². The van der Waals surface area contributed by atoms with Crippen molar-refractivity contribution in [1.82, 2.24) is 9.21 Å². The van der Waals surface area contributed by atoms with E-state index in [1.165, 1.54) is 4.31 Å². The fourth-order valence-corrected chi connectivity index (χ4v) is 5.75. The third-order valence-corrected chi connectivity index (χ3v) is 8.19. The zero-order chi connectivity index (χ0) is 22.7. The lowest BCUT2D eigenvalue weighted by Gasteiger charge is -2.38. The maximum Gasteiger partial charge on any atom is 0.243 e. The van der Waals surface area contributed by atoms with Gasteiger partial charge in [-0.2, -0.15) is 4.31 Å². The van der Waals surface area contributed by atoms with Gasteiger partial charge < -0.3 is 15.3 Å². The van der Waals surface area contributed by atoms with Crippen LogP contribution in [0.1, 0.15) is 19.8 Å². The summed E-state index contributed by atoms with van der Waals surface area (Å²) in [6.07, 6.45) is 1.79. The number of carbonyl (C=O) groups excluding carboxylic acids is 1. The Morgan fingerprint density at radius 2 is 1.50 bits per heavy atom. The number of piperazine rings is 1. The van der Waals surface area contributed by atoms with Crippen molar-refractivity contribution < 1.29 is 18.3 Å². The van der Waals surface area contributed by atoms with Crippen LogP contribution in [-0.2, 0) is 14.8 Å². The number of aromatic hydroxyl groups is 1. The summed E-state index contributed by atoms with van der Waals surface area (Å²) >= 11 is 0. The van der Waals surface area contributed by atoms with Gasteiger partial charge in [-0.05, 0) is 68.3 Å². The normalized spacial score (nSPS) is 19.1. The Balaban J connectivity index is 1.31. The number of hydrogen-bond donors (Lipinski definition) is 2. The summed E-state index contributed by atoms with van der Waals surface area (Å²) in [6, 6.07) is 13.3. The zero-order valence-electron chi connectivity index (χ0n) is 18.3. The highest BCUT2D eigenvalue weighted by atomic mass is 32.2. The number of nitrogens with zero attached hydrogens (tertiary/aromatic N) is 3. The van der Waals surface area contributed by atoms with Gasteiger partial charge in [0.1, 0.15) is 5.75 Å². The van der Waals surface area contributed by atoms with Crippen LogP contribution in [-0.4, -0.2) is 73.9 Å². The molecule has 2 aliphatic heterocycles. The smallest absolute Gasteiger partial charge is 0.243 e. The molecule has 9 heteroatoms. The molecular weight excluding hydrogens is 428 g/mol. The summed E-state index contributed by atoms with van der Waals surface area (Å²) in [5.74, 6) is 0.137. The highest BCUT2D eigenvalue weighted by Crippen LogP contribution is 2.23. The van der Waals surface area contributed by atoms with Crippen molar-refractivity contribution in [3.8, 4) is 5.75 Å². The predicted molar refractivity (Wildman–Crippen MR) is 124 cm³/mol. The van der Waals surface area contributed by atoms with Crippen molar-refractivity contribution >= 4 is 27.3 Å². The minimum Gasteiger partial charge on any atom is -0.508 e. The van der Waals surface area contributed by atoms with Crippen LogP contribution < -0.4 is 10.2 Å². The van der Waals surface area contributed by atoms with Crippen molar-refractivity contribution in [3.05, 3.63) is 48.5 Å². The van der Waals surface area contributed by atoms with Gasteiger partial charge in [0.2, 0.25) is 15.9 Å². The fourth-order valence-electron chi connectivity index (χ4n) is 4.23. The van der Waals surface area contributed by atoms with Gasteiger partial charge in [-0.1, -0.05) is 0 Å². The molecule has 0 aliphatic carbocycles. The first-order chi connectivity index (χ1) is 15.3. The molecule has 2 saturated heterocycles. The van der Waals surface area contributed by atoms with Gasteiger partial charge >= 0.3 is 0 Å². The van der Waals surface area contributed by atoms with E-state index in [2.05, 4.69) is 15.1 Å². The molecule has 0 aromatic heterocycles. The molecule has 0 saturated carbocycles. The number of rotatable bonds is 6. The molecule has 32 heavy (non-hydrogen) atoms. The average Bonchev–Trinajstić information content (AvgIpc) is 3.36. The fraction of sp³-hybridized carbons (Fsp3) is 0.435. The van der Waals surface area contributed by atoms with Crippen molar-refractivity contribution in [2.75, 3.05) is 49.5 Å². The molecule has 2 heterocycles. The summed E-state index contributed by atoms with van der Waals surface area (Å²) in [6.45, 7) is 6.12. The van der Waals surface area contributed by atoms with E-state index in [0.29, 0.717) is 18.8 Å². The second kappa shape index (κ2) is 9.48. The Hall–Kier alpha value is -2.62. The molecule has 0 bridgehead atoms. The molecule has 2 fully saturated rings. The quantitative estimate of drug-likeness (QED) is 0.690. The van der Waals surface area contributed by atoms with Crippen LogP contribution in [0.25, 0.3) is 0 Å². The summed E-state index contributed by atoms with van der Waals surface area (Å²) in [4.78, 5) is 17.4. The van der Waals surface area contributed by atoms with Crippen LogP contribution in [0.5, 0.6) is 5.75 Å². The minimum absolute atomic E-state index is 0.113. The van der Waals surface area contributed by atoms with Crippen molar-refractivity contribution in [1.29, 1.82) is 0 Å². The van der Waals surface area contributed by atoms with E-state index < -0.39 is 10.0 Å². The maximum absolute atomic E-state index is 12.8. The number of nitrogens with one attached hydrogen (secondary N) is 1. The Morgan fingerprint density at radius 1 is 0.906 bits per heavy atom. The number of phenolic OH excluding ortho intramolecular Hbond substituents is 1. The van der Waals surface area contributed by atoms with Gasteiger partial charge in [0.15, 0.2) is 0 Å². The van der Waals surface area contributed by atoms with Gasteiger partial charge in [-0.3, -0.25) is 9.69 Å². The molecule has 8 nitrogen and oxygen atoms in total. The number of phenols is 1. The second-order valence-corrected chi connectivity index (χ2v) is 10.3. The molecule has 4 rings (SSSR count). The Kier molecular flexibility index (Phi) is 6.68. The largest absolute Gasteiger partial charge is 0.508 e. The lowest BCUT2D eigenvalue weighted by molar-refractivity contribution is -0.120. The van der Waals surface area contributed by atoms with E-state index in [1.54, 1.807) is 36.4 Å². The van der Waals surface area contributed by atoms with Crippen LogP contribution >= 0.6 is 0 Å². The number of carbonyl (C=O) groups is 1. The summed E-state index contributed by atoms with van der Waals surface area (Å²) in [5, 5.41) is 12.4. The number of hydrogen-bond acceptors (Lipinski definition) is 6. The first kappa shape index (κ1) is 22.6. The molecule has 2 aromatic carbocycles. The van der Waals surface area contributed by atoms with Crippen molar-refractivity contribution in [3.63, 3.8) is 0 Å². The lowest BCUT2D eigenvalue weighted by Crippen LogP contribution is -2.52. The molecule has 0 unspecified atom stereocenters. The lowest BCUT2D eigenvalue weighted by atomic mass is 10.2. The van der Waals surface area contributed by atoms with Crippen LogP contribution in [0.3, 0.4) is 0 Å². The van der Waals surface area contributed by atoms with Gasteiger partial charge in [-0.15, -0.1) is 0 Å². The number of anilines is 2. The third-order valence-electron chi connectivity index (χ3n) is 6.28. The molecule has 172 valence electrons. The predicted octanol–water partition coefficient (Wildman–Crippen LogP) is 2.33. The van der Waals surface area contributed by atoms with E-state index in [0.717, 1.165) is 44.7 Å². The molecule has 2 aliphatic rings. The van der Waals surface area contributed by atoms with Crippen LogP contribution in [0.4, 0.5) is 11.4 Å². The SMILES string of the molecule is C[C@H](C(=O)Nc1ccc(S(=O)(=O)N2CCCC2)cc1)N1CCN(c2ccc(O)cc2)CC1. The molecule has 1 atom stereocenters. The van der Waals surface area contributed by atoms with Gasteiger partial charge in [0.05, 0.1) is 10.9 Å². The second-order valence-electron chi connectivity index (χ2n) is 8.34. The minimum atomic E-state index is -3.45. The molecule has 1 amide bonds. The Bertz CT molecular complexity index is 1030. The summed E-state index contributed by atoms with van der Waals surface area (Å²) < 4.78 is 26.8. The van der Waals surface area contributed by atoms with Gasteiger partial charge in [0, 0.05) is 50.6 Å². The maximum atomic E-state index is 12.8. The van der Waals surface area contributed by atoms with Crippen molar-refractivity contribution in [2.24, 2.45) is 0 Å². The molecule has 0 radical (unpaired) electrons. The average molecular weight is 459 g/mol. The number of benzene rings is 2. The summed E-state index contributed by atoms with van der Waals surface area (Å²) in [5.41, 5.74) is 1.65. The van der Waals surface area contributed by atoms with E-state index in [4.69, 9.17) is 0 Å². The van der Waals surface area contributed by atoms with Crippen molar-refractivity contribution in [2.45, 2.75) is 30.7 Å². The van der Waals surface area contributed by atoms with Gasteiger partial charge in [-0.25, -0.2) is 8.42 Å². The monoisotopic (exact) mass is 458 g/mol. The molecule has 2 N–H and O–H groups in total.